The highest BCUT2D eigenvalue weighted by atomic mass is 35.5. The van der Waals surface area contributed by atoms with Crippen LogP contribution in [0.25, 0.3) is 0 Å². The molecule has 0 radical (unpaired) electrons. The molecule has 28 heavy (non-hydrogen) atoms. The van der Waals surface area contributed by atoms with Crippen molar-refractivity contribution >= 4 is 18.3 Å². The summed E-state index contributed by atoms with van der Waals surface area (Å²) in [7, 11) is 1.62. The van der Waals surface area contributed by atoms with E-state index in [9.17, 15) is 4.79 Å². The number of nitrogens with zero attached hydrogens (tertiary/aromatic N) is 1. The molecular formula is C21H33ClN2O4. The zero-order valence-electron chi connectivity index (χ0n) is 16.7. The molecule has 1 aromatic rings. The number of piperidine rings is 1. The highest BCUT2D eigenvalue weighted by Crippen LogP contribution is 2.33. The number of hydrogen-bond donors (Lipinski definition) is 1. The second-order valence-electron chi connectivity index (χ2n) is 7.39. The zero-order valence-corrected chi connectivity index (χ0v) is 17.5. The normalized spacial score (nSPS) is 18.0. The molecule has 7 heteroatoms. The lowest BCUT2D eigenvalue weighted by Crippen LogP contribution is -2.41. The average molecular weight is 413 g/mol. The van der Waals surface area contributed by atoms with E-state index in [1.54, 1.807) is 13.2 Å². The van der Waals surface area contributed by atoms with Crippen LogP contribution < -0.4 is 15.2 Å². The largest absolute Gasteiger partial charge is 0.493 e. The number of nitrogens with two attached hydrogens (primary N) is 1. The highest BCUT2D eigenvalue weighted by Gasteiger charge is 2.25. The molecule has 3 rings (SSSR count). The van der Waals surface area contributed by atoms with Gasteiger partial charge < -0.3 is 24.8 Å². The molecule has 0 aromatic heterocycles. The Morgan fingerprint density at radius 3 is 2.46 bits per heavy atom. The third-order valence-electron chi connectivity index (χ3n) is 5.44. The summed E-state index contributed by atoms with van der Waals surface area (Å²) in [6, 6.07) is 5.52. The Morgan fingerprint density at radius 2 is 1.82 bits per heavy atom. The van der Waals surface area contributed by atoms with E-state index < -0.39 is 0 Å². The number of ether oxygens (including phenoxy) is 3. The van der Waals surface area contributed by atoms with Gasteiger partial charge in [0.2, 0.25) is 0 Å². The van der Waals surface area contributed by atoms with Gasteiger partial charge in [-0.3, -0.25) is 4.79 Å². The number of benzene rings is 1. The molecule has 0 spiro atoms. The first-order valence-corrected chi connectivity index (χ1v) is 10.2. The molecule has 1 heterocycles. The van der Waals surface area contributed by atoms with Crippen molar-refractivity contribution in [3.05, 3.63) is 23.8 Å². The van der Waals surface area contributed by atoms with Crippen LogP contribution in [-0.4, -0.2) is 56.4 Å². The molecule has 1 saturated heterocycles. The van der Waals surface area contributed by atoms with Gasteiger partial charge in [-0.05, 0) is 69.7 Å². The number of hydrogen-bond acceptors (Lipinski definition) is 5. The quantitative estimate of drug-likeness (QED) is 0.662. The second-order valence-corrected chi connectivity index (χ2v) is 7.39. The maximum atomic E-state index is 12.9. The smallest absolute Gasteiger partial charge is 0.253 e. The van der Waals surface area contributed by atoms with Crippen molar-refractivity contribution in [3.8, 4) is 11.5 Å². The van der Waals surface area contributed by atoms with Crippen LogP contribution >= 0.6 is 12.4 Å². The summed E-state index contributed by atoms with van der Waals surface area (Å²) >= 11 is 0. The van der Waals surface area contributed by atoms with Gasteiger partial charge in [0.05, 0.1) is 19.3 Å². The fourth-order valence-corrected chi connectivity index (χ4v) is 3.83. The Labute approximate surface area is 174 Å². The Morgan fingerprint density at radius 1 is 1.11 bits per heavy atom. The third kappa shape index (κ3) is 6.00. The van der Waals surface area contributed by atoms with E-state index in [-0.39, 0.29) is 30.5 Å². The lowest BCUT2D eigenvalue weighted by atomic mass is 10.1. The SMILES string of the molecule is COc1cc(C(=O)N2CCC(OCCCN)CC2)ccc1OC1CCCC1.Cl. The van der Waals surface area contributed by atoms with Crippen LogP contribution in [0, 0.1) is 0 Å². The number of likely N-dealkylation sites (tertiary alicyclic amines) is 1. The van der Waals surface area contributed by atoms with Crippen LogP contribution in [0.1, 0.15) is 55.3 Å². The first-order valence-electron chi connectivity index (χ1n) is 10.2. The van der Waals surface area contributed by atoms with Gasteiger partial charge in [0.25, 0.3) is 5.91 Å². The Balaban J connectivity index is 0.00000280. The monoisotopic (exact) mass is 412 g/mol. The van der Waals surface area contributed by atoms with Crippen molar-refractivity contribution in [3.63, 3.8) is 0 Å². The summed E-state index contributed by atoms with van der Waals surface area (Å²) in [5.74, 6) is 1.40. The van der Waals surface area contributed by atoms with Crippen LogP contribution in [0.15, 0.2) is 18.2 Å². The van der Waals surface area contributed by atoms with Gasteiger partial charge in [0, 0.05) is 25.3 Å². The molecule has 1 aromatic carbocycles. The first kappa shape index (κ1) is 22.8. The molecule has 158 valence electrons. The van der Waals surface area contributed by atoms with Crippen molar-refractivity contribution in [2.24, 2.45) is 5.73 Å². The lowest BCUT2D eigenvalue weighted by molar-refractivity contribution is 0.00844. The first-order chi connectivity index (χ1) is 13.2. The fraction of sp³-hybridized carbons (Fsp3) is 0.667. The van der Waals surface area contributed by atoms with E-state index in [1.807, 2.05) is 17.0 Å². The fourth-order valence-electron chi connectivity index (χ4n) is 3.83. The van der Waals surface area contributed by atoms with Gasteiger partial charge in [-0.25, -0.2) is 0 Å². The van der Waals surface area contributed by atoms with Crippen molar-refractivity contribution in [1.82, 2.24) is 4.90 Å². The molecule has 1 aliphatic carbocycles. The predicted octanol–water partition coefficient (Wildman–Crippen LogP) is 3.41. The summed E-state index contributed by atoms with van der Waals surface area (Å²) in [6.07, 6.45) is 7.74. The highest BCUT2D eigenvalue weighted by molar-refractivity contribution is 5.95. The van der Waals surface area contributed by atoms with E-state index in [1.165, 1.54) is 12.8 Å². The maximum Gasteiger partial charge on any atom is 0.253 e. The Kier molecular flexibility index (Phi) is 9.35. The number of halogens is 1. The molecule has 0 atom stereocenters. The van der Waals surface area contributed by atoms with Gasteiger partial charge in [0.15, 0.2) is 11.5 Å². The van der Waals surface area contributed by atoms with Crippen LogP contribution in [0.5, 0.6) is 11.5 Å². The molecule has 6 nitrogen and oxygen atoms in total. The lowest BCUT2D eigenvalue weighted by Gasteiger charge is -2.32. The molecule has 0 unspecified atom stereocenters. The van der Waals surface area contributed by atoms with Crippen LogP contribution in [0.2, 0.25) is 0 Å². The molecule has 1 saturated carbocycles. The van der Waals surface area contributed by atoms with E-state index >= 15 is 0 Å². The molecular weight excluding hydrogens is 380 g/mol. The van der Waals surface area contributed by atoms with Gasteiger partial charge in [0.1, 0.15) is 0 Å². The zero-order chi connectivity index (χ0) is 19.1. The van der Waals surface area contributed by atoms with Gasteiger partial charge in [-0.2, -0.15) is 0 Å². The topological polar surface area (TPSA) is 74.0 Å². The summed E-state index contributed by atoms with van der Waals surface area (Å²) in [5, 5.41) is 0. The van der Waals surface area contributed by atoms with Crippen LogP contribution in [0.4, 0.5) is 0 Å². The number of carbonyl (C=O) groups excluding carboxylic acids is 1. The molecule has 2 fully saturated rings. The minimum atomic E-state index is 0. The van der Waals surface area contributed by atoms with Crippen LogP contribution in [0.3, 0.4) is 0 Å². The third-order valence-corrected chi connectivity index (χ3v) is 5.44. The summed E-state index contributed by atoms with van der Waals surface area (Å²) in [6.45, 7) is 2.79. The van der Waals surface area contributed by atoms with Crippen molar-refractivity contribution < 1.29 is 19.0 Å². The maximum absolute atomic E-state index is 12.9. The van der Waals surface area contributed by atoms with Gasteiger partial charge in [-0.1, -0.05) is 0 Å². The molecule has 2 N–H and O–H groups in total. The second kappa shape index (κ2) is 11.5. The predicted molar refractivity (Wildman–Crippen MR) is 112 cm³/mol. The minimum absolute atomic E-state index is 0. The standard InChI is InChI=1S/C21H32N2O4.ClH/c1-25-20-15-16(7-8-19(20)27-18-5-2-3-6-18)21(24)23-12-9-17(10-13-23)26-14-4-11-22;/h7-8,15,17-18H,2-6,9-14,22H2,1H3;1H. The number of rotatable bonds is 8. The van der Waals surface area contributed by atoms with E-state index in [4.69, 9.17) is 19.9 Å². The molecule has 1 aliphatic heterocycles. The number of carbonyl (C=O) groups is 1. The van der Waals surface area contributed by atoms with Crippen LogP contribution in [-0.2, 0) is 4.74 Å². The van der Waals surface area contributed by atoms with E-state index in [2.05, 4.69) is 0 Å². The van der Waals surface area contributed by atoms with E-state index in [0.29, 0.717) is 24.5 Å². The minimum Gasteiger partial charge on any atom is -0.493 e. The average Bonchev–Trinajstić information content (AvgIpc) is 3.21. The van der Waals surface area contributed by atoms with Gasteiger partial charge >= 0.3 is 0 Å². The molecule has 1 amide bonds. The summed E-state index contributed by atoms with van der Waals surface area (Å²) in [5.41, 5.74) is 6.14. The van der Waals surface area contributed by atoms with Crippen molar-refractivity contribution in [1.29, 1.82) is 0 Å². The number of amides is 1. The van der Waals surface area contributed by atoms with Crippen molar-refractivity contribution in [2.75, 3.05) is 33.4 Å². The van der Waals surface area contributed by atoms with Gasteiger partial charge in [-0.15, -0.1) is 12.4 Å². The molecule has 2 aliphatic rings. The van der Waals surface area contributed by atoms with Crippen molar-refractivity contribution in [2.45, 2.75) is 57.2 Å². The Bertz CT molecular complexity index is 614. The number of methoxy groups -OCH3 is 1. The molecule has 0 bridgehead atoms. The summed E-state index contributed by atoms with van der Waals surface area (Å²) in [4.78, 5) is 14.8. The Hall–Kier alpha value is -1.50. The van der Waals surface area contributed by atoms with E-state index in [0.717, 1.165) is 50.9 Å². The summed E-state index contributed by atoms with van der Waals surface area (Å²) < 4.78 is 17.4.